The summed E-state index contributed by atoms with van der Waals surface area (Å²) in [6.07, 6.45) is 1.82. The first-order valence-electron chi connectivity index (χ1n) is 6.46. The van der Waals surface area contributed by atoms with Crippen LogP contribution in [0.5, 0.6) is 0 Å². The van der Waals surface area contributed by atoms with E-state index in [1.165, 1.54) is 0 Å². The molecule has 4 nitrogen and oxygen atoms in total. The number of aromatic nitrogens is 1. The zero-order valence-electron chi connectivity index (χ0n) is 11.1. The van der Waals surface area contributed by atoms with Gasteiger partial charge in [0.25, 0.3) is 5.56 Å². The van der Waals surface area contributed by atoms with Crippen LogP contribution in [0.4, 0.5) is 11.4 Å². The van der Waals surface area contributed by atoms with E-state index in [4.69, 9.17) is 5.73 Å². The van der Waals surface area contributed by atoms with Crippen molar-refractivity contribution in [2.45, 2.75) is 13.5 Å². The molecule has 100 valence electrons. The van der Waals surface area contributed by atoms with Crippen molar-refractivity contribution in [2.24, 2.45) is 0 Å². The van der Waals surface area contributed by atoms with E-state index in [1.807, 2.05) is 36.5 Å². The molecule has 0 saturated carbocycles. The molecule has 2 rings (SSSR count). The van der Waals surface area contributed by atoms with Crippen LogP contribution >= 0.6 is 0 Å². The van der Waals surface area contributed by atoms with Crippen LogP contribution in [0, 0.1) is 0 Å². The molecule has 0 radical (unpaired) electrons. The zero-order valence-corrected chi connectivity index (χ0v) is 11.1. The van der Waals surface area contributed by atoms with E-state index < -0.39 is 0 Å². The second kappa shape index (κ2) is 6.09. The maximum Gasteiger partial charge on any atom is 0.250 e. The molecule has 2 N–H and O–H groups in total. The number of pyridine rings is 1. The predicted molar refractivity (Wildman–Crippen MR) is 79.4 cm³/mol. The molecule has 0 amide bonds. The normalized spacial score (nSPS) is 10.4. The maximum absolute atomic E-state index is 11.6. The molecule has 0 bridgehead atoms. The lowest BCUT2D eigenvalue weighted by Gasteiger charge is -2.23. The topological polar surface area (TPSA) is 51.3 Å². The van der Waals surface area contributed by atoms with Crippen LogP contribution in [0.3, 0.4) is 0 Å². The molecular formula is C15H19N3O. The highest BCUT2D eigenvalue weighted by atomic mass is 16.1. The number of anilines is 2. The van der Waals surface area contributed by atoms with Crippen molar-refractivity contribution < 1.29 is 0 Å². The van der Waals surface area contributed by atoms with Crippen LogP contribution in [0.25, 0.3) is 0 Å². The molecular weight excluding hydrogens is 238 g/mol. The number of likely N-dealkylation sites (N-methyl/N-ethyl adjacent to an activating group) is 1. The van der Waals surface area contributed by atoms with Crippen molar-refractivity contribution in [2.75, 3.05) is 23.7 Å². The molecule has 2 aromatic rings. The van der Waals surface area contributed by atoms with Crippen molar-refractivity contribution in [1.82, 2.24) is 4.57 Å². The summed E-state index contributed by atoms with van der Waals surface area (Å²) in [5.74, 6) is 0. The Kier molecular flexibility index (Phi) is 4.23. The van der Waals surface area contributed by atoms with Gasteiger partial charge in [-0.1, -0.05) is 6.07 Å². The van der Waals surface area contributed by atoms with Gasteiger partial charge in [-0.25, -0.2) is 0 Å². The molecule has 0 unspecified atom stereocenters. The molecule has 0 aliphatic heterocycles. The summed E-state index contributed by atoms with van der Waals surface area (Å²) in [5, 5.41) is 0. The summed E-state index contributed by atoms with van der Waals surface area (Å²) in [7, 11) is 0. The number of benzene rings is 1. The van der Waals surface area contributed by atoms with E-state index in [0.29, 0.717) is 6.54 Å². The van der Waals surface area contributed by atoms with Gasteiger partial charge in [0.1, 0.15) is 0 Å². The molecule has 0 fully saturated rings. The van der Waals surface area contributed by atoms with Gasteiger partial charge in [-0.2, -0.15) is 0 Å². The van der Waals surface area contributed by atoms with Gasteiger partial charge in [-0.15, -0.1) is 0 Å². The SMILES string of the molecule is CCN(CCn1ccccc1=O)c1ccc(N)cc1. The standard InChI is InChI=1S/C15H19N3O/c1-2-17(14-8-6-13(16)7-9-14)11-12-18-10-4-3-5-15(18)19/h3-10H,2,11-12,16H2,1H3. The quantitative estimate of drug-likeness (QED) is 0.833. The summed E-state index contributed by atoms with van der Waals surface area (Å²) in [6.45, 7) is 4.47. The van der Waals surface area contributed by atoms with Crippen LogP contribution in [0.15, 0.2) is 53.5 Å². The van der Waals surface area contributed by atoms with Crippen LogP contribution in [0.2, 0.25) is 0 Å². The average Bonchev–Trinajstić information content (AvgIpc) is 2.43. The summed E-state index contributed by atoms with van der Waals surface area (Å²) in [4.78, 5) is 13.9. The summed E-state index contributed by atoms with van der Waals surface area (Å²) >= 11 is 0. The molecule has 0 aliphatic carbocycles. The minimum absolute atomic E-state index is 0.0378. The van der Waals surface area contributed by atoms with Crippen molar-refractivity contribution in [3.8, 4) is 0 Å². The van der Waals surface area contributed by atoms with E-state index in [0.717, 1.165) is 24.5 Å². The number of nitrogens with zero attached hydrogens (tertiary/aromatic N) is 2. The Labute approximate surface area is 113 Å². The van der Waals surface area contributed by atoms with Crippen molar-refractivity contribution in [3.05, 3.63) is 59.0 Å². The molecule has 0 spiro atoms. The Morgan fingerprint density at radius 1 is 1.16 bits per heavy atom. The molecule has 1 aromatic heterocycles. The van der Waals surface area contributed by atoms with Crippen molar-refractivity contribution in [3.63, 3.8) is 0 Å². The van der Waals surface area contributed by atoms with Gasteiger partial charge >= 0.3 is 0 Å². The molecule has 0 atom stereocenters. The van der Waals surface area contributed by atoms with Crippen LogP contribution < -0.4 is 16.2 Å². The first kappa shape index (κ1) is 13.2. The predicted octanol–water partition coefficient (Wildman–Crippen LogP) is 1.96. The summed E-state index contributed by atoms with van der Waals surface area (Å²) < 4.78 is 1.72. The minimum Gasteiger partial charge on any atom is -0.399 e. The van der Waals surface area contributed by atoms with Crippen molar-refractivity contribution >= 4 is 11.4 Å². The first-order valence-corrected chi connectivity index (χ1v) is 6.46. The number of nitrogens with two attached hydrogens (primary N) is 1. The number of hydrogen-bond acceptors (Lipinski definition) is 3. The van der Waals surface area contributed by atoms with Gasteiger partial charge in [-0.3, -0.25) is 4.79 Å². The molecule has 0 saturated heterocycles. The highest BCUT2D eigenvalue weighted by Gasteiger charge is 2.04. The Bertz CT molecular complexity index is 574. The van der Waals surface area contributed by atoms with Crippen LogP contribution in [0.1, 0.15) is 6.92 Å². The lowest BCUT2D eigenvalue weighted by molar-refractivity contribution is 0.645. The number of nitrogen functional groups attached to an aromatic ring is 1. The van der Waals surface area contributed by atoms with Gasteiger partial charge < -0.3 is 15.2 Å². The summed E-state index contributed by atoms with van der Waals surface area (Å²) in [6, 6.07) is 13.0. The van der Waals surface area contributed by atoms with Gasteiger partial charge in [-0.05, 0) is 37.3 Å². The summed E-state index contributed by atoms with van der Waals surface area (Å²) in [5.41, 5.74) is 7.62. The van der Waals surface area contributed by atoms with Gasteiger partial charge in [0.15, 0.2) is 0 Å². The van der Waals surface area contributed by atoms with E-state index in [-0.39, 0.29) is 5.56 Å². The number of hydrogen-bond donors (Lipinski definition) is 1. The molecule has 19 heavy (non-hydrogen) atoms. The highest BCUT2D eigenvalue weighted by molar-refractivity contribution is 5.52. The Hall–Kier alpha value is -2.23. The van der Waals surface area contributed by atoms with Crippen molar-refractivity contribution in [1.29, 1.82) is 0 Å². The first-order chi connectivity index (χ1) is 9.20. The fourth-order valence-corrected chi connectivity index (χ4v) is 2.03. The smallest absolute Gasteiger partial charge is 0.250 e. The Balaban J connectivity index is 2.06. The molecule has 1 aromatic carbocycles. The largest absolute Gasteiger partial charge is 0.399 e. The average molecular weight is 257 g/mol. The van der Waals surface area contributed by atoms with Crippen LogP contribution in [-0.2, 0) is 6.54 Å². The Morgan fingerprint density at radius 3 is 2.53 bits per heavy atom. The number of rotatable bonds is 5. The lowest BCUT2D eigenvalue weighted by Crippen LogP contribution is -2.30. The highest BCUT2D eigenvalue weighted by Crippen LogP contribution is 2.15. The molecule has 0 aliphatic rings. The Morgan fingerprint density at radius 2 is 1.89 bits per heavy atom. The third-order valence-electron chi connectivity index (χ3n) is 3.15. The second-order valence-electron chi connectivity index (χ2n) is 4.40. The fraction of sp³-hybridized carbons (Fsp3) is 0.267. The second-order valence-corrected chi connectivity index (χ2v) is 4.40. The maximum atomic E-state index is 11.6. The van der Waals surface area contributed by atoms with Crippen LogP contribution in [-0.4, -0.2) is 17.7 Å². The van der Waals surface area contributed by atoms with Gasteiger partial charge in [0.2, 0.25) is 0 Å². The molecule has 4 heteroatoms. The lowest BCUT2D eigenvalue weighted by atomic mass is 10.2. The zero-order chi connectivity index (χ0) is 13.7. The third-order valence-corrected chi connectivity index (χ3v) is 3.15. The van der Waals surface area contributed by atoms with E-state index in [2.05, 4.69) is 11.8 Å². The van der Waals surface area contributed by atoms with E-state index in [1.54, 1.807) is 16.7 Å². The van der Waals surface area contributed by atoms with Gasteiger partial charge in [0, 0.05) is 43.3 Å². The van der Waals surface area contributed by atoms with Gasteiger partial charge in [0.05, 0.1) is 0 Å². The third kappa shape index (κ3) is 3.37. The fourth-order valence-electron chi connectivity index (χ4n) is 2.03. The minimum atomic E-state index is 0.0378. The monoisotopic (exact) mass is 257 g/mol. The molecule has 1 heterocycles. The van der Waals surface area contributed by atoms with E-state index >= 15 is 0 Å². The van der Waals surface area contributed by atoms with E-state index in [9.17, 15) is 4.79 Å².